The molecule has 2 aliphatic heterocycles. The van der Waals surface area contributed by atoms with Crippen LogP contribution < -0.4 is 16.2 Å². The molecule has 0 saturated heterocycles. The molecule has 0 unspecified atom stereocenters. The largest absolute Gasteiger partial charge is 0.506 e. The van der Waals surface area contributed by atoms with Gasteiger partial charge in [0.25, 0.3) is 5.56 Å². The van der Waals surface area contributed by atoms with Gasteiger partial charge in [-0.05, 0) is 35.7 Å². The Kier molecular flexibility index (Phi) is 6.68. The molecular weight excluding hydrogens is 515 g/mol. The average molecular weight is 536 g/mol. The Morgan fingerprint density at radius 3 is 2.40 bits per heavy atom. The molecule has 0 saturated carbocycles. The highest BCUT2D eigenvalue weighted by Gasteiger charge is 2.27. The molecule has 0 bridgehead atoms. The summed E-state index contributed by atoms with van der Waals surface area (Å²) in [6, 6.07) is 7.08. The van der Waals surface area contributed by atoms with Gasteiger partial charge >= 0.3 is 6.03 Å². The van der Waals surface area contributed by atoms with Gasteiger partial charge in [0, 0.05) is 18.5 Å². The summed E-state index contributed by atoms with van der Waals surface area (Å²) < 4.78 is 1.56. The zero-order chi connectivity index (χ0) is 25.6. The molecule has 2 heterocycles. The van der Waals surface area contributed by atoms with Gasteiger partial charge in [0.15, 0.2) is 5.82 Å². The van der Waals surface area contributed by atoms with Gasteiger partial charge in [0.2, 0.25) is 0 Å². The number of amides is 2. The summed E-state index contributed by atoms with van der Waals surface area (Å²) in [5.41, 5.74) is 7.04. The number of urea groups is 1. The van der Waals surface area contributed by atoms with Gasteiger partial charge in [-0.25, -0.2) is 14.5 Å². The van der Waals surface area contributed by atoms with Crippen LogP contribution in [0.15, 0.2) is 35.1 Å². The maximum Gasteiger partial charge on any atom is 0.319 e. The summed E-state index contributed by atoms with van der Waals surface area (Å²) in [6.45, 7) is 3.86. The molecule has 0 aliphatic carbocycles. The fourth-order valence-corrected chi connectivity index (χ4v) is 4.76. The van der Waals surface area contributed by atoms with Crippen molar-refractivity contribution in [2.45, 2.75) is 26.2 Å². The molecule has 0 aromatic heterocycles. The summed E-state index contributed by atoms with van der Waals surface area (Å²) in [6.07, 6.45) is 0.142. The van der Waals surface area contributed by atoms with Gasteiger partial charge < -0.3 is 10.8 Å². The molecular formula is C23H21Cl3N6O3. The second-order valence-corrected chi connectivity index (χ2v) is 9.53. The van der Waals surface area contributed by atoms with Crippen molar-refractivity contribution in [3.8, 4) is 22.8 Å². The molecule has 0 atom stereocenters. The quantitative estimate of drug-likeness (QED) is 0.333. The lowest BCUT2D eigenvalue weighted by Crippen LogP contribution is -2.31. The van der Waals surface area contributed by atoms with E-state index in [-0.39, 0.29) is 39.6 Å². The average Bonchev–Trinajstić information content (AvgIpc) is 3.13. The molecule has 0 fully saturated rings. The third-order valence-electron chi connectivity index (χ3n) is 5.49. The molecule has 12 heteroatoms. The SMILES string of the molecule is CC(C)c1[nH]n(-c2c(Cl)cc(Cl)cc2Cl)c2nc(Cc3ccc(N(C)C(N)=O)c(O)c3)nc(=O)c1-2. The molecule has 0 spiro atoms. The number of H-pyrrole nitrogens is 1. The minimum absolute atomic E-state index is 0.0440. The zero-order valence-electron chi connectivity index (χ0n) is 18.9. The molecule has 182 valence electrons. The van der Waals surface area contributed by atoms with Gasteiger partial charge in [-0.1, -0.05) is 54.7 Å². The van der Waals surface area contributed by atoms with Crippen LogP contribution in [0.4, 0.5) is 10.5 Å². The van der Waals surface area contributed by atoms with Crippen molar-refractivity contribution in [1.29, 1.82) is 0 Å². The minimum Gasteiger partial charge on any atom is -0.506 e. The number of primary amides is 1. The molecule has 35 heavy (non-hydrogen) atoms. The Bertz CT molecular complexity index is 1460. The number of benzene rings is 2. The fourth-order valence-electron chi connectivity index (χ4n) is 3.77. The summed E-state index contributed by atoms with van der Waals surface area (Å²) in [5.74, 6) is 0.342. The van der Waals surface area contributed by atoms with Gasteiger partial charge in [0.05, 0.1) is 21.4 Å². The molecule has 2 amide bonds. The van der Waals surface area contributed by atoms with E-state index < -0.39 is 11.6 Å². The Morgan fingerprint density at radius 1 is 1.17 bits per heavy atom. The molecule has 0 radical (unpaired) electrons. The lowest BCUT2D eigenvalue weighted by molar-refractivity contribution is 0.255. The molecule has 9 nitrogen and oxygen atoms in total. The summed E-state index contributed by atoms with van der Waals surface area (Å²) in [7, 11) is 1.45. The minimum atomic E-state index is -0.713. The first-order chi connectivity index (χ1) is 16.5. The molecule has 2 aromatic rings. The lowest BCUT2D eigenvalue weighted by atomic mass is 10.1. The maximum atomic E-state index is 13.1. The summed E-state index contributed by atoms with van der Waals surface area (Å²) in [4.78, 5) is 34.4. The fraction of sp³-hybridized carbons (Fsp3) is 0.217. The molecule has 2 aromatic carbocycles. The second-order valence-electron chi connectivity index (χ2n) is 8.27. The first-order valence-electron chi connectivity index (χ1n) is 10.5. The third-order valence-corrected chi connectivity index (χ3v) is 6.29. The van der Waals surface area contributed by atoms with Gasteiger partial charge in [-0.2, -0.15) is 4.98 Å². The van der Waals surface area contributed by atoms with E-state index in [0.717, 1.165) is 4.90 Å². The van der Waals surface area contributed by atoms with Crippen molar-refractivity contribution in [2.24, 2.45) is 5.73 Å². The molecule has 4 rings (SSSR count). The van der Waals surface area contributed by atoms with E-state index in [1.165, 1.54) is 13.1 Å². The Balaban J connectivity index is 1.84. The van der Waals surface area contributed by atoms with Crippen LogP contribution in [0.5, 0.6) is 5.75 Å². The van der Waals surface area contributed by atoms with Crippen molar-refractivity contribution in [3.05, 3.63) is 72.8 Å². The number of halogens is 3. The zero-order valence-corrected chi connectivity index (χ0v) is 21.2. The summed E-state index contributed by atoms with van der Waals surface area (Å²) >= 11 is 19.0. The number of rotatable bonds is 5. The molecule has 4 N–H and O–H groups in total. The highest BCUT2D eigenvalue weighted by atomic mass is 35.5. The van der Waals surface area contributed by atoms with Crippen LogP contribution in [-0.4, -0.2) is 37.9 Å². The Labute approximate surface area is 215 Å². The van der Waals surface area contributed by atoms with Crippen LogP contribution in [-0.2, 0) is 6.42 Å². The normalized spacial score (nSPS) is 11.4. The highest BCUT2D eigenvalue weighted by molar-refractivity contribution is 6.40. The van der Waals surface area contributed by atoms with Crippen LogP contribution >= 0.6 is 34.8 Å². The number of hydrogen-bond acceptors (Lipinski definition) is 5. The van der Waals surface area contributed by atoms with Gasteiger partial charge in [-0.15, -0.1) is 0 Å². The Morgan fingerprint density at radius 2 is 1.83 bits per heavy atom. The number of hydrogen-bond donors (Lipinski definition) is 3. The smallest absolute Gasteiger partial charge is 0.319 e. The number of phenolic OH excluding ortho intramolecular Hbond substituents is 1. The topological polar surface area (TPSA) is 130 Å². The van der Waals surface area contributed by atoms with E-state index in [2.05, 4.69) is 15.1 Å². The van der Waals surface area contributed by atoms with Crippen LogP contribution in [0.3, 0.4) is 0 Å². The second kappa shape index (κ2) is 9.41. The number of aromatic nitrogens is 4. The van der Waals surface area contributed by atoms with Crippen LogP contribution in [0, 0.1) is 0 Å². The number of fused-ring (bicyclic) bond motifs is 1. The van der Waals surface area contributed by atoms with Gasteiger partial charge in [0.1, 0.15) is 22.8 Å². The first-order valence-corrected chi connectivity index (χ1v) is 11.6. The van der Waals surface area contributed by atoms with E-state index in [4.69, 9.17) is 40.5 Å². The standard InChI is InChI=1S/C23H21Cl3N6O3/c1-10(2)19-18-21(32(30-19)20-13(25)8-12(24)9-14(20)26)28-17(29-22(18)34)7-11-4-5-15(16(33)6-11)31(3)23(27)35/h4-6,8-10,30,33H,7H2,1-3H3,(H2,27,35). The van der Waals surface area contributed by atoms with E-state index >= 15 is 0 Å². The van der Waals surface area contributed by atoms with Crippen molar-refractivity contribution >= 4 is 46.5 Å². The molecule has 2 aliphatic rings. The number of nitrogens with two attached hydrogens (primary N) is 1. The Hall–Kier alpha value is -3.27. The van der Waals surface area contributed by atoms with Crippen LogP contribution in [0.25, 0.3) is 17.1 Å². The monoisotopic (exact) mass is 534 g/mol. The summed E-state index contributed by atoms with van der Waals surface area (Å²) in [5, 5.41) is 14.5. The van der Waals surface area contributed by atoms with E-state index in [9.17, 15) is 14.7 Å². The number of carbonyl (C=O) groups is 1. The predicted octanol–water partition coefficient (Wildman–Crippen LogP) is 4.96. The number of aromatic amines is 1. The predicted molar refractivity (Wildman–Crippen MR) is 137 cm³/mol. The van der Waals surface area contributed by atoms with Crippen molar-refractivity contribution < 1.29 is 9.90 Å². The van der Waals surface area contributed by atoms with Gasteiger partial charge in [-0.3, -0.25) is 14.8 Å². The number of carbonyl (C=O) groups excluding carboxylic acids is 1. The number of phenols is 1. The number of aromatic hydroxyl groups is 1. The van der Waals surface area contributed by atoms with E-state index in [1.54, 1.807) is 28.9 Å². The van der Waals surface area contributed by atoms with Crippen LogP contribution in [0.2, 0.25) is 15.1 Å². The maximum absolute atomic E-state index is 13.1. The van der Waals surface area contributed by atoms with E-state index in [1.807, 2.05) is 13.8 Å². The van der Waals surface area contributed by atoms with Crippen LogP contribution in [0.1, 0.15) is 36.8 Å². The number of nitrogens with zero attached hydrogens (tertiary/aromatic N) is 4. The lowest BCUT2D eigenvalue weighted by Gasteiger charge is -2.16. The number of nitrogens with one attached hydrogen (secondary N) is 1. The van der Waals surface area contributed by atoms with Crippen molar-refractivity contribution in [1.82, 2.24) is 19.7 Å². The van der Waals surface area contributed by atoms with Crippen molar-refractivity contribution in [3.63, 3.8) is 0 Å². The number of anilines is 1. The third kappa shape index (κ3) is 4.67. The highest BCUT2D eigenvalue weighted by Crippen LogP contribution is 2.37. The van der Waals surface area contributed by atoms with Crippen molar-refractivity contribution in [2.75, 3.05) is 11.9 Å². The first kappa shape index (κ1) is 24.8. The van der Waals surface area contributed by atoms with E-state index in [0.29, 0.717) is 33.4 Å².